The Labute approximate surface area is 199 Å². The van der Waals surface area contributed by atoms with Crippen LogP contribution in [0.25, 0.3) is 0 Å². The highest BCUT2D eigenvalue weighted by Gasteiger charge is 2.28. The fraction of sp³-hybridized carbons (Fsp3) is 0.720. The molecule has 0 aromatic heterocycles. The van der Waals surface area contributed by atoms with E-state index in [1.807, 2.05) is 20.8 Å². The first-order valence-corrected chi connectivity index (χ1v) is 13.9. The monoisotopic (exact) mass is 480 g/mol. The molecule has 0 atom stereocenters. The van der Waals surface area contributed by atoms with E-state index in [-0.39, 0.29) is 6.09 Å². The molecule has 1 aromatic carbocycles. The molecule has 0 spiro atoms. The maximum absolute atomic E-state index is 12.3. The highest BCUT2D eigenvalue weighted by molar-refractivity contribution is 7.88. The predicted octanol–water partition coefficient (Wildman–Crippen LogP) is 4.47. The minimum Gasteiger partial charge on any atom is -0.493 e. The van der Waals surface area contributed by atoms with E-state index in [1.165, 1.54) is 11.8 Å². The number of sulfonamides is 1. The molecule has 1 amide bonds. The lowest BCUT2D eigenvalue weighted by Crippen LogP contribution is -2.42. The first-order chi connectivity index (χ1) is 15.3. The minimum atomic E-state index is -3.10. The van der Waals surface area contributed by atoms with Gasteiger partial charge in [0.05, 0.1) is 12.9 Å². The van der Waals surface area contributed by atoms with Crippen molar-refractivity contribution in [3.05, 3.63) is 28.8 Å². The van der Waals surface area contributed by atoms with Crippen molar-refractivity contribution in [1.29, 1.82) is 0 Å². The van der Waals surface area contributed by atoms with Gasteiger partial charge in [0.25, 0.3) is 0 Å². The normalized spacial score (nSPS) is 19.5. The molecule has 7 nitrogen and oxygen atoms in total. The number of hydrogen-bond donors (Lipinski definition) is 0. The molecule has 2 saturated heterocycles. The number of ether oxygens (including phenoxy) is 2. The zero-order valence-electron chi connectivity index (χ0n) is 21.0. The van der Waals surface area contributed by atoms with Crippen LogP contribution >= 0.6 is 0 Å². The number of nitrogens with zero attached hydrogens (tertiary/aromatic N) is 2. The van der Waals surface area contributed by atoms with Crippen molar-refractivity contribution in [2.24, 2.45) is 5.92 Å². The van der Waals surface area contributed by atoms with E-state index < -0.39 is 15.6 Å². The number of aryl methyl sites for hydroxylation is 2. The highest BCUT2D eigenvalue weighted by atomic mass is 32.2. The standard InChI is InChI=1S/C25H40N2O5S/c1-18-15-22(21-9-13-27(14-10-21)33(6,29)30)16-19(2)23(18)31-17-20-7-11-26(12-8-20)24(28)32-25(3,4)5/h15-16,20-21H,7-14,17H2,1-6H3. The summed E-state index contributed by atoms with van der Waals surface area (Å²) < 4.78 is 36.9. The topological polar surface area (TPSA) is 76.2 Å². The molecule has 2 heterocycles. The van der Waals surface area contributed by atoms with Gasteiger partial charge in [0, 0.05) is 26.2 Å². The van der Waals surface area contributed by atoms with Crippen molar-refractivity contribution in [1.82, 2.24) is 9.21 Å². The first kappa shape index (κ1) is 25.8. The maximum Gasteiger partial charge on any atom is 0.410 e. The summed E-state index contributed by atoms with van der Waals surface area (Å²) >= 11 is 0. The van der Waals surface area contributed by atoms with Crippen LogP contribution in [0.15, 0.2) is 12.1 Å². The van der Waals surface area contributed by atoms with Gasteiger partial charge in [0.2, 0.25) is 10.0 Å². The Morgan fingerprint density at radius 1 is 1.00 bits per heavy atom. The largest absolute Gasteiger partial charge is 0.493 e. The third kappa shape index (κ3) is 7.09. The minimum absolute atomic E-state index is 0.230. The van der Waals surface area contributed by atoms with Gasteiger partial charge in [-0.2, -0.15) is 0 Å². The van der Waals surface area contributed by atoms with Crippen LogP contribution < -0.4 is 4.74 Å². The number of piperidine rings is 2. The van der Waals surface area contributed by atoms with E-state index in [0.717, 1.165) is 42.6 Å². The van der Waals surface area contributed by atoms with Crippen molar-refractivity contribution in [3.8, 4) is 5.75 Å². The lowest BCUT2D eigenvalue weighted by Gasteiger charge is -2.33. The van der Waals surface area contributed by atoms with Crippen molar-refractivity contribution in [3.63, 3.8) is 0 Å². The summed E-state index contributed by atoms with van der Waals surface area (Å²) in [4.78, 5) is 14.1. The molecule has 0 bridgehead atoms. The Kier molecular flexibility index (Phi) is 7.99. The number of benzene rings is 1. The summed E-state index contributed by atoms with van der Waals surface area (Å²) in [6.45, 7) is 13.1. The number of hydrogen-bond acceptors (Lipinski definition) is 5. The fourth-order valence-corrected chi connectivity index (χ4v) is 5.65. The molecule has 2 aliphatic heterocycles. The van der Waals surface area contributed by atoms with Gasteiger partial charge >= 0.3 is 6.09 Å². The summed E-state index contributed by atoms with van der Waals surface area (Å²) in [6.07, 6.45) is 4.58. The maximum atomic E-state index is 12.3. The van der Waals surface area contributed by atoms with Crippen molar-refractivity contribution >= 4 is 16.1 Å². The molecular formula is C25H40N2O5S. The SMILES string of the molecule is Cc1cc(C2CCN(S(C)(=O)=O)CC2)cc(C)c1OCC1CCN(C(=O)OC(C)(C)C)CC1. The second-order valence-electron chi connectivity index (χ2n) is 10.6. The summed E-state index contributed by atoms with van der Waals surface area (Å²) in [5.74, 6) is 1.75. The van der Waals surface area contributed by atoms with Crippen molar-refractivity contribution < 1.29 is 22.7 Å². The van der Waals surface area contributed by atoms with Crippen LogP contribution in [-0.4, -0.2) is 68.4 Å². The number of likely N-dealkylation sites (tertiary alicyclic amines) is 1. The number of carbonyl (C=O) groups excluding carboxylic acids is 1. The molecule has 0 N–H and O–H groups in total. The molecule has 0 radical (unpaired) electrons. The molecule has 8 heteroatoms. The Morgan fingerprint density at radius 3 is 2.03 bits per heavy atom. The smallest absolute Gasteiger partial charge is 0.410 e. The van der Waals surface area contributed by atoms with Crippen LogP contribution in [0.5, 0.6) is 5.75 Å². The predicted molar refractivity (Wildman–Crippen MR) is 130 cm³/mol. The summed E-state index contributed by atoms with van der Waals surface area (Å²) in [5, 5.41) is 0. The average molecular weight is 481 g/mol. The van der Waals surface area contributed by atoms with Crippen LogP contribution in [0.3, 0.4) is 0 Å². The fourth-order valence-electron chi connectivity index (χ4n) is 4.78. The second kappa shape index (κ2) is 10.2. The van der Waals surface area contributed by atoms with Crippen LogP contribution in [0.2, 0.25) is 0 Å². The quantitative estimate of drug-likeness (QED) is 0.622. The zero-order valence-corrected chi connectivity index (χ0v) is 21.8. The van der Waals surface area contributed by atoms with Crippen LogP contribution in [0, 0.1) is 19.8 Å². The van der Waals surface area contributed by atoms with E-state index in [9.17, 15) is 13.2 Å². The van der Waals surface area contributed by atoms with Crippen LogP contribution in [0.1, 0.15) is 69.1 Å². The van der Waals surface area contributed by atoms with Crippen molar-refractivity contribution in [2.75, 3.05) is 39.0 Å². The van der Waals surface area contributed by atoms with Gasteiger partial charge in [-0.15, -0.1) is 0 Å². The Morgan fingerprint density at radius 2 is 1.55 bits per heavy atom. The lowest BCUT2D eigenvalue weighted by molar-refractivity contribution is 0.0164. The molecule has 2 fully saturated rings. The number of carbonyl (C=O) groups is 1. The molecule has 1 aromatic rings. The molecule has 186 valence electrons. The third-order valence-corrected chi connectivity index (χ3v) is 7.91. The van der Waals surface area contributed by atoms with E-state index in [0.29, 0.717) is 44.6 Å². The molecule has 33 heavy (non-hydrogen) atoms. The van der Waals surface area contributed by atoms with Crippen LogP contribution in [0.4, 0.5) is 4.79 Å². The Balaban J connectivity index is 1.52. The second-order valence-corrected chi connectivity index (χ2v) is 12.6. The van der Waals surface area contributed by atoms with Gasteiger partial charge < -0.3 is 14.4 Å². The molecular weight excluding hydrogens is 440 g/mol. The molecule has 0 unspecified atom stereocenters. The lowest BCUT2D eigenvalue weighted by atomic mass is 9.88. The zero-order chi connectivity index (χ0) is 24.4. The van der Waals surface area contributed by atoms with E-state index in [2.05, 4.69) is 26.0 Å². The molecule has 3 rings (SSSR count). The summed E-state index contributed by atoms with van der Waals surface area (Å²) in [7, 11) is -3.10. The number of rotatable bonds is 5. The van der Waals surface area contributed by atoms with Gasteiger partial charge in [-0.1, -0.05) is 12.1 Å². The van der Waals surface area contributed by atoms with Gasteiger partial charge in [-0.25, -0.2) is 17.5 Å². The number of amides is 1. The summed E-state index contributed by atoms with van der Waals surface area (Å²) in [5.41, 5.74) is 3.06. The summed E-state index contributed by atoms with van der Waals surface area (Å²) in [6, 6.07) is 4.41. The van der Waals surface area contributed by atoms with Crippen LogP contribution in [-0.2, 0) is 14.8 Å². The highest BCUT2D eigenvalue weighted by Crippen LogP contribution is 2.34. The van der Waals surface area contributed by atoms with Gasteiger partial charge in [0.15, 0.2) is 0 Å². The Hall–Kier alpha value is -1.80. The molecule has 0 saturated carbocycles. The Bertz CT molecular complexity index is 915. The van der Waals surface area contributed by atoms with E-state index in [1.54, 1.807) is 9.21 Å². The van der Waals surface area contributed by atoms with E-state index >= 15 is 0 Å². The van der Waals surface area contributed by atoms with Gasteiger partial charge in [0.1, 0.15) is 11.4 Å². The van der Waals surface area contributed by atoms with Gasteiger partial charge in [-0.3, -0.25) is 0 Å². The molecule has 2 aliphatic rings. The average Bonchev–Trinajstić information content (AvgIpc) is 2.71. The van der Waals surface area contributed by atoms with Crippen molar-refractivity contribution in [2.45, 2.75) is 71.8 Å². The molecule has 0 aliphatic carbocycles. The third-order valence-electron chi connectivity index (χ3n) is 6.61. The van der Waals surface area contributed by atoms with E-state index in [4.69, 9.17) is 9.47 Å². The first-order valence-electron chi connectivity index (χ1n) is 12.0. The van der Waals surface area contributed by atoms with Gasteiger partial charge in [-0.05, 0) is 88.8 Å².